The van der Waals surface area contributed by atoms with Gasteiger partial charge < -0.3 is 10.1 Å². The molecular weight excluding hydrogens is 357 g/mol. The van der Waals surface area contributed by atoms with E-state index in [9.17, 15) is 9.18 Å². The fourth-order valence-electron chi connectivity index (χ4n) is 3.45. The van der Waals surface area contributed by atoms with Crippen molar-refractivity contribution >= 4 is 17.5 Å². The molecule has 1 amide bonds. The summed E-state index contributed by atoms with van der Waals surface area (Å²) in [4.78, 5) is 21.3. The van der Waals surface area contributed by atoms with Crippen LogP contribution in [0.5, 0.6) is 0 Å². The normalized spacial score (nSPS) is 17.5. The predicted molar refractivity (Wildman–Crippen MR) is 96.8 cm³/mol. The molecule has 2 aromatic rings. The highest BCUT2D eigenvalue weighted by molar-refractivity contribution is 6.34. The van der Waals surface area contributed by atoms with Crippen molar-refractivity contribution in [1.82, 2.24) is 15.3 Å². The summed E-state index contributed by atoms with van der Waals surface area (Å²) in [5, 5.41) is 2.82. The van der Waals surface area contributed by atoms with E-state index in [0.717, 1.165) is 18.4 Å². The Bertz CT molecular complexity index is 792. The van der Waals surface area contributed by atoms with Gasteiger partial charge in [-0.15, -0.1) is 0 Å². The van der Waals surface area contributed by atoms with Gasteiger partial charge in [0, 0.05) is 37.1 Å². The molecule has 138 valence electrons. The molecule has 0 bridgehead atoms. The number of nitrogens with zero attached hydrogens (tertiary/aromatic N) is 2. The molecule has 1 aliphatic heterocycles. The average molecular weight is 378 g/mol. The highest BCUT2D eigenvalue weighted by Gasteiger charge is 2.41. The zero-order valence-electron chi connectivity index (χ0n) is 14.8. The van der Waals surface area contributed by atoms with Gasteiger partial charge in [0.05, 0.1) is 10.6 Å². The molecule has 0 aliphatic carbocycles. The minimum atomic E-state index is -0.611. The van der Waals surface area contributed by atoms with Crippen LogP contribution < -0.4 is 5.32 Å². The molecule has 1 N–H and O–H groups in total. The fourth-order valence-corrected chi connectivity index (χ4v) is 3.66. The third-order valence-electron chi connectivity index (χ3n) is 5.11. The van der Waals surface area contributed by atoms with Gasteiger partial charge in [0.15, 0.2) is 0 Å². The SMILES string of the molecule is Cc1ncc(C2(C(C)NC(=O)c3cccc(F)c3Cl)CCOCC2)cn1. The second kappa shape index (κ2) is 7.68. The summed E-state index contributed by atoms with van der Waals surface area (Å²) in [6, 6.07) is 3.98. The first-order valence-electron chi connectivity index (χ1n) is 8.56. The van der Waals surface area contributed by atoms with Crippen LogP contribution >= 0.6 is 11.6 Å². The fraction of sp³-hybridized carbons (Fsp3) is 0.421. The Morgan fingerprint density at radius 3 is 2.62 bits per heavy atom. The van der Waals surface area contributed by atoms with Crippen molar-refractivity contribution in [3.63, 3.8) is 0 Å². The van der Waals surface area contributed by atoms with Crippen LogP contribution in [0.1, 0.15) is 41.5 Å². The molecule has 26 heavy (non-hydrogen) atoms. The minimum absolute atomic E-state index is 0.126. The number of carbonyl (C=O) groups is 1. The zero-order chi connectivity index (χ0) is 18.7. The number of hydrogen-bond acceptors (Lipinski definition) is 4. The van der Waals surface area contributed by atoms with Gasteiger partial charge in [0.2, 0.25) is 0 Å². The molecule has 1 saturated heterocycles. The van der Waals surface area contributed by atoms with Gasteiger partial charge in [-0.25, -0.2) is 14.4 Å². The molecule has 0 spiro atoms. The molecule has 3 rings (SSSR count). The van der Waals surface area contributed by atoms with Crippen molar-refractivity contribution in [2.45, 2.75) is 38.1 Å². The maximum atomic E-state index is 13.7. The lowest BCUT2D eigenvalue weighted by molar-refractivity contribution is 0.0357. The van der Waals surface area contributed by atoms with Crippen molar-refractivity contribution in [3.05, 3.63) is 58.4 Å². The van der Waals surface area contributed by atoms with E-state index in [4.69, 9.17) is 16.3 Å². The van der Waals surface area contributed by atoms with Crippen molar-refractivity contribution in [1.29, 1.82) is 0 Å². The van der Waals surface area contributed by atoms with Crippen LogP contribution in [-0.4, -0.2) is 35.1 Å². The summed E-state index contributed by atoms with van der Waals surface area (Å²) in [5.41, 5.74) is 0.743. The minimum Gasteiger partial charge on any atom is -0.381 e. The summed E-state index contributed by atoms with van der Waals surface area (Å²) >= 11 is 5.95. The summed E-state index contributed by atoms with van der Waals surface area (Å²) in [6.45, 7) is 4.96. The first kappa shape index (κ1) is 18.7. The van der Waals surface area contributed by atoms with Crippen molar-refractivity contribution < 1.29 is 13.9 Å². The van der Waals surface area contributed by atoms with E-state index in [1.807, 2.05) is 26.2 Å². The van der Waals surface area contributed by atoms with Crippen LogP contribution in [0.3, 0.4) is 0 Å². The second-order valence-corrected chi connectivity index (χ2v) is 6.96. The van der Waals surface area contributed by atoms with E-state index in [1.165, 1.54) is 18.2 Å². The molecule has 1 fully saturated rings. The Balaban J connectivity index is 1.88. The summed E-state index contributed by atoms with van der Waals surface area (Å²) in [5.74, 6) is -0.320. The predicted octanol–water partition coefficient (Wildman–Crippen LogP) is 3.44. The number of carbonyl (C=O) groups excluding carboxylic acids is 1. The molecule has 5 nitrogen and oxygen atoms in total. The summed E-state index contributed by atoms with van der Waals surface area (Å²) in [6.07, 6.45) is 5.09. The number of ether oxygens (including phenoxy) is 1. The van der Waals surface area contributed by atoms with E-state index in [-0.39, 0.29) is 22.0 Å². The van der Waals surface area contributed by atoms with Gasteiger partial charge in [-0.1, -0.05) is 17.7 Å². The number of nitrogens with one attached hydrogen (secondary N) is 1. The Morgan fingerprint density at radius 1 is 1.31 bits per heavy atom. The van der Waals surface area contributed by atoms with E-state index in [0.29, 0.717) is 19.0 Å². The number of hydrogen-bond donors (Lipinski definition) is 1. The number of amides is 1. The van der Waals surface area contributed by atoms with Gasteiger partial charge in [-0.2, -0.15) is 0 Å². The van der Waals surface area contributed by atoms with E-state index < -0.39 is 11.7 Å². The van der Waals surface area contributed by atoms with Gasteiger partial charge in [0.25, 0.3) is 5.91 Å². The van der Waals surface area contributed by atoms with Gasteiger partial charge in [-0.3, -0.25) is 4.79 Å². The molecule has 1 unspecified atom stereocenters. The molecule has 0 radical (unpaired) electrons. The van der Waals surface area contributed by atoms with Crippen LogP contribution in [0, 0.1) is 12.7 Å². The van der Waals surface area contributed by atoms with Crippen molar-refractivity contribution in [2.24, 2.45) is 0 Å². The van der Waals surface area contributed by atoms with Gasteiger partial charge in [-0.05, 0) is 44.4 Å². The second-order valence-electron chi connectivity index (χ2n) is 6.58. The highest BCUT2D eigenvalue weighted by Crippen LogP contribution is 2.37. The smallest absolute Gasteiger partial charge is 0.253 e. The summed E-state index contributed by atoms with van der Waals surface area (Å²) in [7, 11) is 0. The zero-order valence-corrected chi connectivity index (χ0v) is 15.5. The van der Waals surface area contributed by atoms with Crippen LogP contribution in [0.4, 0.5) is 4.39 Å². The molecular formula is C19H21ClFN3O2. The molecule has 1 aromatic heterocycles. The molecule has 1 aliphatic rings. The van der Waals surface area contributed by atoms with E-state index >= 15 is 0 Å². The van der Waals surface area contributed by atoms with Crippen LogP contribution in [0.25, 0.3) is 0 Å². The van der Waals surface area contributed by atoms with Gasteiger partial charge in [0.1, 0.15) is 11.6 Å². The lowest BCUT2D eigenvalue weighted by Crippen LogP contribution is -2.51. The first-order valence-corrected chi connectivity index (χ1v) is 8.93. The molecule has 2 heterocycles. The lowest BCUT2D eigenvalue weighted by Gasteiger charge is -2.42. The number of rotatable bonds is 4. The topological polar surface area (TPSA) is 64.1 Å². The van der Waals surface area contributed by atoms with E-state index in [2.05, 4.69) is 15.3 Å². The average Bonchev–Trinajstić information content (AvgIpc) is 2.65. The number of aromatic nitrogens is 2. The standard InChI is InChI=1S/C19H21ClFN3O2/c1-12(24-18(25)15-4-3-5-16(21)17(15)20)19(6-8-26-9-7-19)14-10-22-13(2)23-11-14/h3-5,10-12H,6-9H2,1-2H3,(H,24,25). The lowest BCUT2D eigenvalue weighted by atomic mass is 9.70. The highest BCUT2D eigenvalue weighted by atomic mass is 35.5. The van der Waals surface area contributed by atoms with Crippen molar-refractivity contribution in [2.75, 3.05) is 13.2 Å². The van der Waals surface area contributed by atoms with Crippen LogP contribution in [-0.2, 0) is 10.2 Å². The molecule has 1 atom stereocenters. The van der Waals surface area contributed by atoms with Crippen LogP contribution in [0.2, 0.25) is 5.02 Å². The quantitative estimate of drug-likeness (QED) is 0.886. The Kier molecular flexibility index (Phi) is 5.53. The van der Waals surface area contributed by atoms with Gasteiger partial charge >= 0.3 is 0 Å². The molecule has 0 saturated carbocycles. The number of benzene rings is 1. The Morgan fingerprint density at radius 2 is 1.96 bits per heavy atom. The monoisotopic (exact) mass is 377 g/mol. The Labute approximate surface area is 157 Å². The molecule has 1 aromatic carbocycles. The molecule has 7 heteroatoms. The number of aryl methyl sites for hydroxylation is 1. The number of halogens is 2. The maximum Gasteiger partial charge on any atom is 0.253 e. The maximum absolute atomic E-state index is 13.7. The third-order valence-corrected chi connectivity index (χ3v) is 5.50. The Hall–Kier alpha value is -2.05. The van der Waals surface area contributed by atoms with Crippen molar-refractivity contribution in [3.8, 4) is 0 Å². The van der Waals surface area contributed by atoms with E-state index in [1.54, 1.807) is 0 Å². The van der Waals surface area contributed by atoms with Crippen LogP contribution in [0.15, 0.2) is 30.6 Å². The first-order chi connectivity index (χ1) is 12.4. The largest absolute Gasteiger partial charge is 0.381 e. The third kappa shape index (κ3) is 3.57. The summed E-state index contributed by atoms with van der Waals surface area (Å²) < 4.78 is 19.2.